The number of hydrogen-bond acceptors (Lipinski definition) is 10. The predicted molar refractivity (Wildman–Crippen MR) is 287 cm³/mol. The highest BCUT2D eigenvalue weighted by molar-refractivity contribution is 5.80. The van der Waals surface area contributed by atoms with Crippen LogP contribution < -0.4 is 5.32 Å². The molecule has 1 amide bonds. The molecular weight excluding hydrogens is 883 g/mol. The van der Waals surface area contributed by atoms with Crippen LogP contribution in [-0.4, -0.2) is 99.6 Å². The number of unbranched alkanes of at least 4 members (excludes halogenated alkanes) is 28. The monoisotopic (exact) mass is 988 g/mol. The first-order valence-corrected chi connectivity index (χ1v) is 28.6. The first-order valence-electron chi connectivity index (χ1n) is 28.6. The maximum absolute atomic E-state index is 13.4. The number of rotatable bonds is 47. The van der Waals surface area contributed by atoms with Gasteiger partial charge in [-0.15, -0.1) is 0 Å². The van der Waals surface area contributed by atoms with Gasteiger partial charge >= 0.3 is 5.97 Å². The van der Waals surface area contributed by atoms with E-state index in [4.69, 9.17) is 14.2 Å². The van der Waals surface area contributed by atoms with E-state index in [0.717, 1.165) is 77.0 Å². The summed E-state index contributed by atoms with van der Waals surface area (Å²) in [6, 6.07) is -1.03. The molecule has 8 atom stereocenters. The minimum Gasteiger partial charge on any atom is -0.454 e. The largest absolute Gasteiger partial charge is 0.454 e. The molecule has 1 saturated heterocycles. The summed E-state index contributed by atoms with van der Waals surface area (Å²) in [5, 5.41) is 56.8. The molecule has 1 rings (SSSR count). The molecule has 0 aliphatic carbocycles. The van der Waals surface area contributed by atoms with E-state index in [2.05, 4.69) is 38.2 Å². The Morgan fingerprint density at radius 3 is 1.54 bits per heavy atom. The summed E-state index contributed by atoms with van der Waals surface area (Å²) in [5.41, 5.74) is 0. The van der Waals surface area contributed by atoms with Crippen LogP contribution in [0, 0.1) is 0 Å². The van der Waals surface area contributed by atoms with Gasteiger partial charge in [0.2, 0.25) is 5.91 Å². The molecule has 0 bridgehead atoms. The van der Waals surface area contributed by atoms with Crippen molar-refractivity contribution in [2.24, 2.45) is 0 Å². The number of hydrogen-bond donors (Lipinski definition) is 6. The molecule has 11 heteroatoms. The molecule has 0 aromatic rings. The highest BCUT2D eigenvalue weighted by atomic mass is 16.7. The highest BCUT2D eigenvalue weighted by Crippen LogP contribution is 2.26. The van der Waals surface area contributed by atoms with Crippen LogP contribution in [0.25, 0.3) is 0 Å². The fourth-order valence-corrected chi connectivity index (χ4v) is 8.72. The third-order valence-corrected chi connectivity index (χ3v) is 13.3. The smallest absolute Gasteiger partial charge is 0.306 e. The molecular formula is C59H105NO10. The van der Waals surface area contributed by atoms with E-state index in [-0.39, 0.29) is 13.0 Å². The third-order valence-electron chi connectivity index (χ3n) is 13.3. The molecule has 1 heterocycles. The fraction of sp³-hybridized carbons (Fsp3) is 0.797. The van der Waals surface area contributed by atoms with Crippen LogP contribution in [0.5, 0.6) is 0 Å². The van der Waals surface area contributed by atoms with Gasteiger partial charge in [0.1, 0.15) is 24.4 Å². The molecule has 406 valence electrons. The van der Waals surface area contributed by atoms with Gasteiger partial charge in [-0.2, -0.15) is 0 Å². The maximum atomic E-state index is 13.4. The van der Waals surface area contributed by atoms with Crippen LogP contribution in [-0.2, 0) is 23.8 Å². The lowest BCUT2D eigenvalue weighted by atomic mass is 9.99. The topological polar surface area (TPSA) is 175 Å². The van der Waals surface area contributed by atoms with E-state index < -0.39 is 67.4 Å². The Labute approximate surface area is 427 Å². The number of allylic oxidation sites excluding steroid dienone is 9. The van der Waals surface area contributed by atoms with Crippen molar-refractivity contribution in [2.45, 2.75) is 288 Å². The lowest BCUT2D eigenvalue weighted by Crippen LogP contribution is -2.61. The summed E-state index contributed by atoms with van der Waals surface area (Å²) in [5.74, 6) is -1.22. The van der Waals surface area contributed by atoms with E-state index in [9.17, 15) is 35.1 Å². The average Bonchev–Trinajstić information content (AvgIpc) is 3.36. The Balaban J connectivity index is 2.75. The van der Waals surface area contributed by atoms with Crippen LogP contribution in [0.2, 0.25) is 0 Å². The first kappa shape index (κ1) is 65.4. The number of ether oxygens (including phenoxy) is 3. The van der Waals surface area contributed by atoms with Gasteiger partial charge in [0.25, 0.3) is 0 Å². The summed E-state index contributed by atoms with van der Waals surface area (Å²) in [6.45, 7) is 5.62. The Morgan fingerprint density at radius 1 is 0.571 bits per heavy atom. The maximum Gasteiger partial charge on any atom is 0.306 e. The second-order valence-corrected chi connectivity index (χ2v) is 19.7. The second kappa shape index (κ2) is 47.4. The lowest BCUT2D eigenvalue weighted by molar-refractivity contribution is -0.305. The van der Waals surface area contributed by atoms with E-state index in [1.54, 1.807) is 6.08 Å². The van der Waals surface area contributed by atoms with E-state index in [1.807, 2.05) is 42.5 Å². The molecule has 0 aromatic carbocycles. The minimum absolute atomic E-state index is 0.0968. The second-order valence-electron chi connectivity index (χ2n) is 19.7. The van der Waals surface area contributed by atoms with Gasteiger partial charge in [-0.25, -0.2) is 0 Å². The van der Waals surface area contributed by atoms with Crippen molar-refractivity contribution < 1.29 is 49.3 Å². The molecule has 70 heavy (non-hydrogen) atoms. The lowest BCUT2D eigenvalue weighted by Gasteiger charge is -2.41. The van der Waals surface area contributed by atoms with E-state index in [1.165, 1.54) is 116 Å². The summed E-state index contributed by atoms with van der Waals surface area (Å²) in [4.78, 5) is 26.4. The van der Waals surface area contributed by atoms with Gasteiger partial charge in [-0.05, 0) is 44.9 Å². The molecule has 0 saturated carbocycles. The Bertz CT molecular complexity index is 1370. The molecule has 0 aromatic heterocycles. The van der Waals surface area contributed by atoms with Crippen molar-refractivity contribution in [3.05, 3.63) is 60.8 Å². The van der Waals surface area contributed by atoms with Gasteiger partial charge in [-0.1, -0.05) is 248 Å². The van der Waals surface area contributed by atoms with Crippen molar-refractivity contribution in [3.8, 4) is 0 Å². The van der Waals surface area contributed by atoms with Gasteiger partial charge in [0, 0.05) is 6.42 Å². The molecule has 1 fully saturated rings. The minimum atomic E-state index is -1.62. The number of amides is 1. The SMILES string of the molecule is CC/C=C/C=C/C=C/C=C\CCCCCCCC(=O)OC1C(OCC(NC(=O)C(O)CCCCCCCCCCCCCCCC)C(O)/C=C/CCCCCCCCCCCC)OC(CO)C(O)C1O. The van der Waals surface area contributed by atoms with Crippen LogP contribution in [0.3, 0.4) is 0 Å². The summed E-state index contributed by atoms with van der Waals surface area (Å²) >= 11 is 0. The number of nitrogens with one attached hydrogen (secondary N) is 1. The summed E-state index contributed by atoms with van der Waals surface area (Å²) in [7, 11) is 0. The highest BCUT2D eigenvalue weighted by Gasteiger charge is 2.47. The Morgan fingerprint density at radius 2 is 1.03 bits per heavy atom. The van der Waals surface area contributed by atoms with Gasteiger partial charge < -0.3 is 45.1 Å². The molecule has 1 aliphatic heterocycles. The summed E-state index contributed by atoms with van der Waals surface area (Å²) < 4.78 is 17.5. The molecule has 0 spiro atoms. The van der Waals surface area contributed by atoms with Crippen LogP contribution in [0.4, 0.5) is 0 Å². The standard InChI is InChI=1S/C59H105NO10/c1-4-7-10-13-16-19-22-25-27-29-32-35-38-41-44-47-54(64)70-57-56(66)55(65)53(48-61)69-59(57)68-49-50(51(62)45-42-39-36-33-30-24-21-18-15-12-9-6-3)60-58(67)52(63)46-43-40-37-34-31-28-26-23-20-17-14-11-8-5-2/h7,10,13,16,19,22,25,27,42,45,50-53,55-57,59,61-63,65-66H,4-6,8-9,11-12,14-15,17-18,20-21,23-24,26,28-41,43-44,46-49H2,1-3H3,(H,60,67)/b10-7+,16-13+,22-19+,27-25-,45-42+. The Kier molecular flexibility index (Phi) is 44.2. The third kappa shape index (κ3) is 35.5. The number of aliphatic hydroxyl groups excluding tert-OH is 5. The molecule has 1 aliphatic rings. The number of esters is 1. The van der Waals surface area contributed by atoms with Crippen LogP contribution >= 0.6 is 0 Å². The molecule has 6 N–H and O–H groups in total. The average molecular weight is 988 g/mol. The van der Waals surface area contributed by atoms with Crippen molar-refractivity contribution >= 4 is 11.9 Å². The number of carbonyl (C=O) groups excluding carboxylic acids is 2. The number of carbonyl (C=O) groups is 2. The van der Waals surface area contributed by atoms with E-state index >= 15 is 0 Å². The molecule has 0 radical (unpaired) electrons. The van der Waals surface area contributed by atoms with Gasteiger partial charge in [-0.3, -0.25) is 9.59 Å². The number of aliphatic hydroxyl groups is 5. The zero-order valence-corrected chi connectivity index (χ0v) is 44.6. The fourth-order valence-electron chi connectivity index (χ4n) is 8.72. The molecule has 11 nitrogen and oxygen atoms in total. The van der Waals surface area contributed by atoms with Crippen molar-refractivity contribution in [2.75, 3.05) is 13.2 Å². The van der Waals surface area contributed by atoms with Crippen molar-refractivity contribution in [1.29, 1.82) is 0 Å². The van der Waals surface area contributed by atoms with E-state index in [0.29, 0.717) is 19.3 Å². The summed E-state index contributed by atoms with van der Waals surface area (Å²) in [6.07, 6.45) is 46.9. The van der Waals surface area contributed by atoms with Gasteiger partial charge in [0.05, 0.1) is 25.4 Å². The Hall–Kier alpha value is -2.64. The normalized spacial score (nSPS) is 20.1. The van der Waals surface area contributed by atoms with Gasteiger partial charge in [0.15, 0.2) is 12.4 Å². The zero-order chi connectivity index (χ0) is 51.1. The predicted octanol–water partition coefficient (Wildman–Crippen LogP) is 12.7. The van der Waals surface area contributed by atoms with Crippen LogP contribution in [0.1, 0.15) is 239 Å². The molecule has 8 unspecified atom stereocenters. The first-order chi connectivity index (χ1) is 34.2. The van der Waals surface area contributed by atoms with Crippen LogP contribution in [0.15, 0.2) is 60.8 Å². The zero-order valence-electron chi connectivity index (χ0n) is 44.6. The van der Waals surface area contributed by atoms with Crippen molar-refractivity contribution in [3.63, 3.8) is 0 Å². The quantitative estimate of drug-likeness (QED) is 0.0149. The van der Waals surface area contributed by atoms with Crippen molar-refractivity contribution in [1.82, 2.24) is 5.32 Å².